The first-order chi connectivity index (χ1) is 15.4. The Kier molecular flexibility index (Phi) is 6.60. The number of carbonyl (C=O) groups excluding carboxylic acids is 1. The lowest BCUT2D eigenvalue weighted by molar-refractivity contribution is 0.0829. The molecule has 2 aliphatic heterocycles. The number of amides is 1. The van der Waals surface area contributed by atoms with Crippen LogP contribution in [0.5, 0.6) is 5.75 Å². The van der Waals surface area contributed by atoms with Crippen LogP contribution in [-0.2, 0) is 14.6 Å². The van der Waals surface area contributed by atoms with Crippen LogP contribution in [0.4, 0.5) is 10.5 Å². The lowest BCUT2D eigenvalue weighted by Crippen LogP contribution is -2.49. The number of benzene rings is 2. The molecule has 0 unspecified atom stereocenters. The van der Waals surface area contributed by atoms with Gasteiger partial charge in [0.25, 0.3) is 0 Å². The maximum absolute atomic E-state index is 13.0. The molecule has 0 atom stereocenters. The first-order valence-corrected chi connectivity index (χ1v) is 12.6. The van der Waals surface area contributed by atoms with Crippen molar-refractivity contribution in [3.05, 3.63) is 48.5 Å². The van der Waals surface area contributed by atoms with Crippen molar-refractivity contribution in [3.8, 4) is 5.75 Å². The minimum absolute atomic E-state index is 0.229. The van der Waals surface area contributed by atoms with Crippen LogP contribution in [-0.4, -0.2) is 58.3 Å². The Hall–Kier alpha value is -2.74. The van der Waals surface area contributed by atoms with E-state index in [2.05, 4.69) is 4.90 Å². The van der Waals surface area contributed by atoms with E-state index in [-0.39, 0.29) is 21.9 Å². The van der Waals surface area contributed by atoms with Gasteiger partial charge in [0.2, 0.25) is 9.84 Å². The largest absolute Gasteiger partial charge is 0.490 e. The molecule has 0 spiro atoms. The second-order valence-corrected chi connectivity index (χ2v) is 10.6. The second kappa shape index (κ2) is 9.40. The molecular formula is C24H30N2O5S. The van der Waals surface area contributed by atoms with E-state index in [9.17, 15) is 13.2 Å². The topological polar surface area (TPSA) is 76.2 Å². The van der Waals surface area contributed by atoms with E-state index >= 15 is 0 Å². The Balaban J connectivity index is 1.46. The maximum Gasteiger partial charge on any atom is 0.409 e. The van der Waals surface area contributed by atoms with Crippen LogP contribution in [0.1, 0.15) is 26.7 Å². The third-order valence-electron chi connectivity index (χ3n) is 5.90. The predicted octanol–water partition coefficient (Wildman–Crippen LogP) is 3.98. The number of hydrogen-bond acceptors (Lipinski definition) is 6. The van der Waals surface area contributed by atoms with Crippen molar-refractivity contribution in [2.24, 2.45) is 5.92 Å². The quantitative estimate of drug-likeness (QED) is 0.675. The number of piperidine rings is 1. The van der Waals surface area contributed by atoms with Gasteiger partial charge in [-0.15, -0.1) is 0 Å². The van der Waals surface area contributed by atoms with Gasteiger partial charge in [-0.2, -0.15) is 0 Å². The molecule has 8 heteroatoms. The van der Waals surface area contributed by atoms with Crippen molar-refractivity contribution in [2.45, 2.75) is 42.5 Å². The molecule has 1 amide bonds. The Morgan fingerprint density at radius 2 is 1.78 bits per heavy atom. The molecule has 0 saturated carbocycles. The zero-order valence-electron chi connectivity index (χ0n) is 18.6. The van der Waals surface area contributed by atoms with Gasteiger partial charge in [0.1, 0.15) is 12.4 Å². The van der Waals surface area contributed by atoms with Crippen molar-refractivity contribution >= 4 is 21.6 Å². The summed E-state index contributed by atoms with van der Waals surface area (Å²) < 4.78 is 37.2. The SMILES string of the molecule is CC(C)COC(=O)N1CCC(N2CCOc3cc(S(=O)(=O)c4ccccc4)ccc32)CC1. The van der Waals surface area contributed by atoms with Gasteiger partial charge in [0.15, 0.2) is 0 Å². The van der Waals surface area contributed by atoms with Crippen LogP contribution in [0, 0.1) is 5.92 Å². The number of nitrogens with zero attached hydrogens (tertiary/aromatic N) is 2. The molecule has 2 aromatic rings. The molecule has 0 radical (unpaired) electrons. The van der Waals surface area contributed by atoms with Gasteiger partial charge in [0, 0.05) is 25.2 Å². The third kappa shape index (κ3) is 4.70. The molecule has 2 heterocycles. The lowest BCUT2D eigenvalue weighted by Gasteiger charge is -2.41. The summed E-state index contributed by atoms with van der Waals surface area (Å²) >= 11 is 0. The minimum Gasteiger partial charge on any atom is -0.490 e. The number of anilines is 1. The molecule has 0 bridgehead atoms. The molecule has 32 heavy (non-hydrogen) atoms. The standard InChI is InChI=1S/C24H30N2O5S/c1-18(2)17-31-24(27)25-12-10-19(11-13-25)26-14-15-30-23-16-21(8-9-22(23)26)32(28,29)20-6-4-3-5-7-20/h3-9,16,18-19H,10-15,17H2,1-2H3. The van der Waals surface area contributed by atoms with Crippen LogP contribution in [0.3, 0.4) is 0 Å². The van der Waals surface area contributed by atoms with Gasteiger partial charge in [-0.3, -0.25) is 0 Å². The van der Waals surface area contributed by atoms with E-state index in [0.29, 0.717) is 38.0 Å². The fraction of sp³-hybridized carbons (Fsp3) is 0.458. The molecule has 0 aliphatic carbocycles. The summed E-state index contributed by atoms with van der Waals surface area (Å²) in [6, 6.07) is 13.8. The molecule has 4 rings (SSSR count). The van der Waals surface area contributed by atoms with Gasteiger partial charge >= 0.3 is 6.09 Å². The highest BCUT2D eigenvalue weighted by Gasteiger charge is 2.31. The van der Waals surface area contributed by atoms with Crippen molar-refractivity contribution < 1.29 is 22.7 Å². The summed E-state index contributed by atoms with van der Waals surface area (Å²) in [4.78, 5) is 16.8. The molecule has 1 saturated heterocycles. The Labute approximate surface area is 189 Å². The maximum atomic E-state index is 13.0. The van der Waals surface area contributed by atoms with Crippen LogP contribution in [0.25, 0.3) is 0 Å². The van der Waals surface area contributed by atoms with E-state index in [1.165, 1.54) is 0 Å². The summed E-state index contributed by atoms with van der Waals surface area (Å²) in [6.45, 7) is 7.00. The van der Waals surface area contributed by atoms with Crippen LogP contribution >= 0.6 is 0 Å². The molecule has 172 valence electrons. The molecule has 1 fully saturated rings. The molecular weight excluding hydrogens is 428 g/mol. The average Bonchev–Trinajstić information content (AvgIpc) is 2.82. The number of sulfone groups is 1. The van der Waals surface area contributed by atoms with Gasteiger partial charge < -0.3 is 19.3 Å². The summed E-state index contributed by atoms with van der Waals surface area (Å²) in [5, 5.41) is 0. The number of hydrogen-bond donors (Lipinski definition) is 0. The summed E-state index contributed by atoms with van der Waals surface area (Å²) in [6.07, 6.45) is 1.43. The smallest absolute Gasteiger partial charge is 0.409 e. The minimum atomic E-state index is -3.60. The highest BCUT2D eigenvalue weighted by atomic mass is 32.2. The highest BCUT2D eigenvalue weighted by Crippen LogP contribution is 2.37. The van der Waals surface area contributed by atoms with E-state index < -0.39 is 9.84 Å². The number of carbonyl (C=O) groups is 1. The van der Waals surface area contributed by atoms with E-state index in [0.717, 1.165) is 25.1 Å². The highest BCUT2D eigenvalue weighted by molar-refractivity contribution is 7.91. The number of rotatable bonds is 5. The molecule has 0 aromatic heterocycles. The normalized spacial score (nSPS) is 17.1. The first-order valence-electron chi connectivity index (χ1n) is 11.1. The van der Waals surface area contributed by atoms with E-state index in [4.69, 9.17) is 9.47 Å². The number of likely N-dealkylation sites (tertiary alicyclic amines) is 1. The average molecular weight is 459 g/mol. The Morgan fingerprint density at radius 1 is 1.06 bits per heavy atom. The lowest BCUT2D eigenvalue weighted by atomic mass is 10.0. The van der Waals surface area contributed by atoms with Gasteiger partial charge in [-0.25, -0.2) is 13.2 Å². The summed E-state index contributed by atoms with van der Waals surface area (Å²) in [7, 11) is -3.60. The van der Waals surface area contributed by atoms with Gasteiger partial charge in [0.05, 0.1) is 28.6 Å². The van der Waals surface area contributed by atoms with Crippen molar-refractivity contribution in [1.82, 2.24) is 4.90 Å². The van der Waals surface area contributed by atoms with Gasteiger partial charge in [-0.1, -0.05) is 32.0 Å². The van der Waals surface area contributed by atoms with Crippen molar-refractivity contribution in [2.75, 3.05) is 37.7 Å². The zero-order chi connectivity index (χ0) is 22.7. The Bertz CT molecular complexity index is 1050. The number of fused-ring (bicyclic) bond motifs is 1. The third-order valence-corrected chi connectivity index (χ3v) is 7.67. The van der Waals surface area contributed by atoms with Crippen molar-refractivity contribution in [3.63, 3.8) is 0 Å². The molecule has 0 N–H and O–H groups in total. The molecule has 2 aromatic carbocycles. The van der Waals surface area contributed by atoms with E-state index in [1.54, 1.807) is 47.4 Å². The molecule has 2 aliphatic rings. The zero-order valence-corrected chi connectivity index (χ0v) is 19.4. The fourth-order valence-corrected chi connectivity index (χ4v) is 5.49. The van der Waals surface area contributed by atoms with Crippen LogP contribution in [0.15, 0.2) is 58.3 Å². The Morgan fingerprint density at radius 3 is 2.47 bits per heavy atom. The summed E-state index contributed by atoms with van der Waals surface area (Å²) in [5.74, 6) is 0.906. The first kappa shape index (κ1) is 22.5. The van der Waals surface area contributed by atoms with Crippen molar-refractivity contribution in [1.29, 1.82) is 0 Å². The van der Waals surface area contributed by atoms with Crippen LogP contribution < -0.4 is 9.64 Å². The fourth-order valence-electron chi connectivity index (χ4n) is 4.19. The molecule has 7 nitrogen and oxygen atoms in total. The van der Waals surface area contributed by atoms with Gasteiger partial charge in [-0.05, 0) is 43.0 Å². The monoisotopic (exact) mass is 458 g/mol. The van der Waals surface area contributed by atoms with E-state index in [1.807, 2.05) is 19.9 Å². The second-order valence-electron chi connectivity index (χ2n) is 8.68. The van der Waals surface area contributed by atoms with Crippen LogP contribution in [0.2, 0.25) is 0 Å². The number of ether oxygens (including phenoxy) is 2. The predicted molar refractivity (Wildman–Crippen MR) is 122 cm³/mol. The summed E-state index contributed by atoms with van der Waals surface area (Å²) in [5.41, 5.74) is 0.907.